The first-order valence-corrected chi connectivity index (χ1v) is 6.56. The predicted octanol–water partition coefficient (Wildman–Crippen LogP) is 0.912. The molecule has 1 aromatic rings. The van der Waals surface area contributed by atoms with Crippen molar-refractivity contribution in [2.45, 2.75) is 25.9 Å². The smallest absolute Gasteiger partial charge is 0.253 e. The molecule has 0 radical (unpaired) electrons. The summed E-state index contributed by atoms with van der Waals surface area (Å²) in [5.74, 6) is 5.61. The van der Waals surface area contributed by atoms with Crippen molar-refractivity contribution in [2.24, 2.45) is 11.8 Å². The van der Waals surface area contributed by atoms with Gasteiger partial charge in [-0.3, -0.25) is 15.6 Å². The zero-order chi connectivity index (χ0) is 13.7. The van der Waals surface area contributed by atoms with Crippen LogP contribution in [0.15, 0.2) is 18.5 Å². The number of nitrogens with two attached hydrogens (primary N) is 1. The first-order valence-electron chi connectivity index (χ1n) is 6.56. The lowest BCUT2D eigenvalue weighted by molar-refractivity contribution is 0.0827. The lowest BCUT2D eigenvalue weighted by atomic mass is 9.99. The molecule has 19 heavy (non-hydrogen) atoms. The number of nitrogens with one attached hydrogen (secondary N) is 2. The highest BCUT2D eigenvalue weighted by atomic mass is 16.5. The van der Waals surface area contributed by atoms with Gasteiger partial charge in [-0.2, -0.15) is 0 Å². The Bertz CT molecular complexity index is 438. The largest absolute Gasteiger partial charge is 0.378 e. The molecule has 0 aliphatic carbocycles. The summed E-state index contributed by atoms with van der Waals surface area (Å²) in [4.78, 5) is 16.0. The van der Waals surface area contributed by atoms with Gasteiger partial charge in [0.05, 0.1) is 23.6 Å². The van der Waals surface area contributed by atoms with Crippen LogP contribution >= 0.6 is 0 Å². The van der Waals surface area contributed by atoms with Crippen LogP contribution in [0.1, 0.15) is 30.1 Å². The van der Waals surface area contributed by atoms with Crippen molar-refractivity contribution in [1.29, 1.82) is 0 Å². The van der Waals surface area contributed by atoms with Crippen molar-refractivity contribution in [3.63, 3.8) is 0 Å². The van der Waals surface area contributed by atoms with Crippen molar-refractivity contribution >= 4 is 11.6 Å². The standard InChI is InChI=1S/C13H20N4O2/c1-2-12-9(4-6-19-12)7-16-13(18)10-3-5-15-8-11(10)17-14/h3,5,8-9,12,17H,2,4,6-7,14H2,1H3,(H,16,18). The van der Waals surface area contributed by atoms with Crippen molar-refractivity contribution in [3.8, 4) is 0 Å². The summed E-state index contributed by atoms with van der Waals surface area (Å²) in [6.07, 6.45) is 5.33. The summed E-state index contributed by atoms with van der Waals surface area (Å²) in [6.45, 7) is 3.51. The number of amides is 1. The van der Waals surface area contributed by atoms with Gasteiger partial charge in [0.25, 0.3) is 5.91 Å². The molecule has 1 aliphatic heterocycles. The molecule has 2 atom stereocenters. The van der Waals surface area contributed by atoms with Crippen LogP contribution in [0.2, 0.25) is 0 Å². The molecule has 1 fully saturated rings. The summed E-state index contributed by atoms with van der Waals surface area (Å²) >= 11 is 0. The lowest BCUT2D eigenvalue weighted by Gasteiger charge is -2.17. The highest BCUT2D eigenvalue weighted by Gasteiger charge is 2.27. The van der Waals surface area contributed by atoms with Crippen LogP contribution in [0.3, 0.4) is 0 Å². The maximum atomic E-state index is 12.1. The number of hydrazine groups is 1. The Labute approximate surface area is 112 Å². The Hall–Kier alpha value is -1.66. The predicted molar refractivity (Wildman–Crippen MR) is 72.5 cm³/mol. The summed E-state index contributed by atoms with van der Waals surface area (Å²) in [6, 6.07) is 1.65. The van der Waals surface area contributed by atoms with E-state index in [4.69, 9.17) is 10.6 Å². The Kier molecular flexibility index (Phi) is 4.70. The fourth-order valence-corrected chi connectivity index (χ4v) is 2.40. The number of hydrogen-bond donors (Lipinski definition) is 3. The maximum Gasteiger partial charge on any atom is 0.253 e. The molecule has 0 spiro atoms. The van der Waals surface area contributed by atoms with Crippen LogP contribution in [-0.4, -0.2) is 30.1 Å². The highest BCUT2D eigenvalue weighted by molar-refractivity contribution is 5.99. The zero-order valence-corrected chi connectivity index (χ0v) is 11.1. The molecule has 0 bridgehead atoms. The average molecular weight is 264 g/mol. The topological polar surface area (TPSA) is 89.3 Å². The molecule has 1 aromatic heterocycles. The minimum atomic E-state index is -0.142. The highest BCUT2D eigenvalue weighted by Crippen LogP contribution is 2.22. The van der Waals surface area contributed by atoms with E-state index in [2.05, 4.69) is 22.7 Å². The van der Waals surface area contributed by atoms with Crippen LogP contribution in [-0.2, 0) is 4.74 Å². The molecular formula is C13H20N4O2. The van der Waals surface area contributed by atoms with E-state index in [1.165, 1.54) is 6.20 Å². The Balaban J connectivity index is 1.94. The van der Waals surface area contributed by atoms with Crippen molar-refractivity contribution in [2.75, 3.05) is 18.6 Å². The molecule has 2 rings (SSSR count). The van der Waals surface area contributed by atoms with E-state index in [-0.39, 0.29) is 12.0 Å². The summed E-state index contributed by atoms with van der Waals surface area (Å²) in [7, 11) is 0. The molecule has 1 saturated heterocycles. The first-order chi connectivity index (χ1) is 9.26. The number of nitrogen functional groups attached to an aromatic ring is 1. The summed E-state index contributed by atoms with van der Waals surface area (Å²) < 4.78 is 5.60. The number of anilines is 1. The molecule has 0 saturated carbocycles. The number of carbonyl (C=O) groups is 1. The zero-order valence-electron chi connectivity index (χ0n) is 11.1. The first kappa shape index (κ1) is 13.8. The van der Waals surface area contributed by atoms with Crippen molar-refractivity contribution in [1.82, 2.24) is 10.3 Å². The van der Waals surface area contributed by atoms with Gasteiger partial charge in [0.15, 0.2) is 0 Å². The lowest BCUT2D eigenvalue weighted by Crippen LogP contribution is -2.33. The van der Waals surface area contributed by atoms with Crippen molar-refractivity contribution < 1.29 is 9.53 Å². The van der Waals surface area contributed by atoms with Gasteiger partial charge in [-0.15, -0.1) is 0 Å². The third-order valence-electron chi connectivity index (χ3n) is 3.49. The van der Waals surface area contributed by atoms with Gasteiger partial charge in [0.1, 0.15) is 0 Å². The maximum absolute atomic E-state index is 12.1. The molecule has 1 aliphatic rings. The minimum Gasteiger partial charge on any atom is -0.378 e. The normalized spacial score (nSPS) is 22.2. The van der Waals surface area contributed by atoms with Crippen molar-refractivity contribution in [3.05, 3.63) is 24.0 Å². The van der Waals surface area contributed by atoms with E-state index in [1.807, 2.05) is 0 Å². The van der Waals surface area contributed by atoms with E-state index in [0.717, 1.165) is 19.4 Å². The number of nitrogens with zero attached hydrogens (tertiary/aromatic N) is 1. The quantitative estimate of drug-likeness (QED) is 0.543. The minimum absolute atomic E-state index is 0.142. The van der Waals surface area contributed by atoms with Gasteiger partial charge in [-0.1, -0.05) is 6.92 Å². The van der Waals surface area contributed by atoms with E-state index < -0.39 is 0 Å². The SMILES string of the molecule is CCC1OCCC1CNC(=O)c1ccncc1NN. The van der Waals surface area contributed by atoms with Crippen LogP contribution in [0.5, 0.6) is 0 Å². The molecule has 2 heterocycles. The molecule has 104 valence electrons. The second-order valence-corrected chi connectivity index (χ2v) is 4.64. The van der Waals surface area contributed by atoms with E-state index in [1.54, 1.807) is 12.3 Å². The molecule has 4 N–H and O–H groups in total. The van der Waals surface area contributed by atoms with Gasteiger partial charge in [0, 0.05) is 25.3 Å². The van der Waals surface area contributed by atoms with Crippen LogP contribution in [0.25, 0.3) is 0 Å². The summed E-state index contributed by atoms with van der Waals surface area (Å²) in [5.41, 5.74) is 3.50. The van der Waals surface area contributed by atoms with Crippen LogP contribution < -0.4 is 16.6 Å². The summed E-state index contributed by atoms with van der Waals surface area (Å²) in [5, 5.41) is 2.94. The Morgan fingerprint density at radius 3 is 3.21 bits per heavy atom. The van der Waals surface area contributed by atoms with Gasteiger partial charge in [-0.05, 0) is 18.9 Å². The number of carbonyl (C=O) groups excluding carboxylic acids is 1. The number of pyridine rings is 1. The molecule has 6 heteroatoms. The fourth-order valence-electron chi connectivity index (χ4n) is 2.40. The second-order valence-electron chi connectivity index (χ2n) is 4.64. The van der Waals surface area contributed by atoms with Gasteiger partial charge < -0.3 is 15.5 Å². The third-order valence-corrected chi connectivity index (χ3v) is 3.49. The number of aromatic nitrogens is 1. The van der Waals surface area contributed by atoms with E-state index in [9.17, 15) is 4.79 Å². The number of hydrogen-bond acceptors (Lipinski definition) is 5. The van der Waals surface area contributed by atoms with Crippen LogP contribution in [0, 0.1) is 5.92 Å². The number of rotatable bonds is 5. The molecule has 0 aromatic carbocycles. The van der Waals surface area contributed by atoms with Gasteiger partial charge in [0.2, 0.25) is 0 Å². The monoisotopic (exact) mass is 264 g/mol. The third kappa shape index (κ3) is 3.21. The van der Waals surface area contributed by atoms with E-state index >= 15 is 0 Å². The molecule has 2 unspecified atom stereocenters. The Morgan fingerprint density at radius 1 is 1.63 bits per heavy atom. The Morgan fingerprint density at radius 2 is 2.47 bits per heavy atom. The molecule has 1 amide bonds. The molecule has 6 nitrogen and oxygen atoms in total. The number of ether oxygens (including phenoxy) is 1. The second kappa shape index (κ2) is 6.49. The van der Waals surface area contributed by atoms with E-state index in [0.29, 0.717) is 23.7 Å². The van der Waals surface area contributed by atoms with Crippen LogP contribution in [0.4, 0.5) is 5.69 Å². The van der Waals surface area contributed by atoms with Gasteiger partial charge in [-0.25, -0.2) is 0 Å². The van der Waals surface area contributed by atoms with Gasteiger partial charge >= 0.3 is 0 Å². The fraction of sp³-hybridized carbons (Fsp3) is 0.538. The molecular weight excluding hydrogens is 244 g/mol. The average Bonchev–Trinajstić information content (AvgIpc) is 2.92.